The summed E-state index contributed by atoms with van der Waals surface area (Å²) in [5, 5.41) is 11.2. The highest BCUT2D eigenvalue weighted by Gasteiger charge is 2.21. The Morgan fingerprint density at radius 3 is 2.94 bits per heavy atom. The minimum Gasteiger partial charge on any atom is -0.458 e. The van der Waals surface area contributed by atoms with Crippen LogP contribution in [0.15, 0.2) is 34.7 Å². The second kappa shape index (κ2) is 5.12. The van der Waals surface area contributed by atoms with Crippen LogP contribution in [0.1, 0.15) is 37.5 Å². The van der Waals surface area contributed by atoms with Crippen molar-refractivity contribution >= 4 is 11.0 Å². The Morgan fingerprint density at radius 1 is 1.28 bits per heavy atom. The van der Waals surface area contributed by atoms with E-state index in [4.69, 9.17) is 9.15 Å². The molecule has 2 atom stereocenters. The van der Waals surface area contributed by atoms with Crippen molar-refractivity contribution in [2.24, 2.45) is 0 Å². The van der Waals surface area contributed by atoms with Gasteiger partial charge in [0.25, 0.3) is 0 Å². The third-order valence-corrected chi connectivity index (χ3v) is 3.53. The van der Waals surface area contributed by atoms with Gasteiger partial charge in [0.15, 0.2) is 0 Å². The van der Waals surface area contributed by atoms with Crippen LogP contribution < -0.4 is 0 Å². The van der Waals surface area contributed by atoms with Crippen LogP contribution >= 0.6 is 0 Å². The van der Waals surface area contributed by atoms with Crippen LogP contribution in [0.3, 0.4) is 0 Å². The quantitative estimate of drug-likeness (QED) is 0.902. The number of benzene rings is 1. The highest BCUT2D eigenvalue weighted by atomic mass is 16.5. The molecule has 1 saturated heterocycles. The van der Waals surface area contributed by atoms with Gasteiger partial charge in [-0.3, -0.25) is 0 Å². The molecule has 0 spiro atoms. The first kappa shape index (κ1) is 11.8. The number of aliphatic hydroxyl groups excluding tert-OH is 1. The fourth-order valence-corrected chi connectivity index (χ4v) is 2.53. The topological polar surface area (TPSA) is 42.6 Å². The molecule has 96 valence electrons. The predicted molar refractivity (Wildman–Crippen MR) is 69.4 cm³/mol. The van der Waals surface area contributed by atoms with Gasteiger partial charge in [0, 0.05) is 18.4 Å². The third-order valence-electron chi connectivity index (χ3n) is 3.53. The summed E-state index contributed by atoms with van der Waals surface area (Å²) >= 11 is 0. The number of hydrogen-bond acceptors (Lipinski definition) is 3. The van der Waals surface area contributed by atoms with E-state index < -0.39 is 6.10 Å². The van der Waals surface area contributed by atoms with E-state index >= 15 is 0 Å². The normalized spacial score (nSPS) is 22.2. The molecule has 1 aliphatic heterocycles. The van der Waals surface area contributed by atoms with E-state index in [1.807, 2.05) is 30.3 Å². The molecule has 1 aliphatic rings. The highest BCUT2D eigenvalue weighted by molar-refractivity contribution is 5.77. The molecule has 3 rings (SSSR count). The lowest BCUT2D eigenvalue weighted by Crippen LogP contribution is -2.21. The SMILES string of the molecule is OC(CC1CCCCO1)c1cc2ccccc2o1. The Bertz CT molecular complexity index is 478. The molecule has 0 saturated carbocycles. The smallest absolute Gasteiger partial charge is 0.134 e. The van der Waals surface area contributed by atoms with E-state index in [2.05, 4.69) is 0 Å². The van der Waals surface area contributed by atoms with Crippen molar-refractivity contribution in [1.82, 2.24) is 0 Å². The van der Waals surface area contributed by atoms with Crippen molar-refractivity contribution < 1.29 is 14.3 Å². The van der Waals surface area contributed by atoms with E-state index in [-0.39, 0.29) is 6.10 Å². The lowest BCUT2D eigenvalue weighted by molar-refractivity contribution is -0.0191. The van der Waals surface area contributed by atoms with E-state index in [1.165, 1.54) is 6.42 Å². The number of aliphatic hydroxyl groups is 1. The standard InChI is InChI=1S/C15H18O3/c16-13(10-12-6-3-4-8-17-12)15-9-11-5-1-2-7-14(11)18-15/h1-2,5,7,9,12-13,16H,3-4,6,8,10H2. The summed E-state index contributed by atoms with van der Waals surface area (Å²) in [5.41, 5.74) is 0.830. The summed E-state index contributed by atoms with van der Waals surface area (Å²) in [6.45, 7) is 0.817. The van der Waals surface area contributed by atoms with Gasteiger partial charge >= 0.3 is 0 Å². The summed E-state index contributed by atoms with van der Waals surface area (Å²) in [5.74, 6) is 0.644. The van der Waals surface area contributed by atoms with Crippen molar-refractivity contribution in [3.63, 3.8) is 0 Å². The summed E-state index contributed by atoms with van der Waals surface area (Å²) < 4.78 is 11.3. The summed E-state index contributed by atoms with van der Waals surface area (Å²) in [4.78, 5) is 0. The summed E-state index contributed by atoms with van der Waals surface area (Å²) in [7, 11) is 0. The van der Waals surface area contributed by atoms with Crippen LogP contribution in [-0.2, 0) is 4.74 Å². The van der Waals surface area contributed by atoms with Crippen LogP contribution in [0.4, 0.5) is 0 Å². The van der Waals surface area contributed by atoms with Gasteiger partial charge in [-0.25, -0.2) is 0 Å². The Morgan fingerprint density at radius 2 is 2.17 bits per heavy atom. The molecule has 3 heteroatoms. The molecule has 0 amide bonds. The predicted octanol–water partition coefficient (Wildman–Crippen LogP) is 3.43. The molecule has 0 bridgehead atoms. The Balaban J connectivity index is 1.72. The molecular weight excluding hydrogens is 228 g/mol. The van der Waals surface area contributed by atoms with E-state index in [1.54, 1.807) is 0 Å². The van der Waals surface area contributed by atoms with E-state index in [0.717, 1.165) is 30.4 Å². The second-order valence-corrected chi connectivity index (χ2v) is 4.93. The molecule has 2 unspecified atom stereocenters. The zero-order chi connectivity index (χ0) is 12.4. The minimum atomic E-state index is -0.569. The second-order valence-electron chi connectivity index (χ2n) is 4.93. The first-order valence-electron chi connectivity index (χ1n) is 6.61. The molecule has 18 heavy (non-hydrogen) atoms. The fraction of sp³-hybridized carbons (Fsp3) is 0.467. The minimum absolute atomic E-state index is 0.168. The largest absolute Gasteiger partial charge is 0.458 e. The van der Waals surface area contributed by atoms with Crippen molar-refractivity contribution in [3.05, 3.63) is 36.1 Å². The molecule has 2 heterocycles. The van der Waals surface area contributed by atoms with Gasteiger partial charge < -0.3 is 14.3 Å². The van der Waals surface area contributed by atoms with Gasteiger partial charge in [-0.15, -0.1) is 0 Å². The highest BCUT2D eigenvalue weighted by Crippen LogP contribution is 2.28. The Hall–Kier alpha value is -1.32. The lowest BCUT2D eigenvalue weighted by Gasteiger charge is -2.23. The summed E-state index contributed by atoms with van der Waals surface area (Å²) in [6.07, 6.45) is 3.59. The van der Waals surface area contributed by atoms with E-state index in [9.17, 15) is 5.11 Å². The van der Waals surface area contributed by atoms with Crippen LogP contribution in [0.25, 0.3) is 11.0 Å². The van der Waals surface area contributed by atoms with Gasteiger partial charge in [-0.05, 0) is 31.4 Å². The van der Waals surface area contributed by atoms with Gasteiger partial charge in [-0.1, -0.05) is 18.2 Å². The molecular formula is C15H18O3. The van der Waals surface area contributed by atoms with Gasteiger partial charge in [-0.2, -0.15) is 0 Å². The van der Waals surface area contributed by atoms with Crippen LogP contribution in [0, 0.1) is 0 Å². The number of para-hydroxylation sites is 1. The van der Waals surface area contributed by atoms with Gasteiger partial charge in [0.1, 0.15) is 17.4 Å². The third kappa shape index (κ3) is 2.42. The van der Waals surface area contributed by atoms with Crippen LogP contribution in [-0.4, -0.2) is 17.8 Å². The number of rotatable bonds is 3. The zero-order valence-electron chi connectivity index (χ0n) is 10.3. The molecule has 1 fully saturated rings. The van der Waals surface area contributed by atoms with Crippen molar-refractivity contribution in [2.75, 3.05) is 6.61 Å². The van der Waals surface area contributed by atoms with Gasteiger partial charge in [0.05, 0.1) is 6.10 Å². The molecule has 1 aromatic carbocycles. The van der Waals surface area contributed by atoms with E-state index in [0.29, 0.717) is 12.2 Å². The maximum atomic E-state index is 10.2. The molecule has 0 radical (unpaired) electrons. The molecule has 2 aromatic rings. The van der Waals surface area contributed by atoms with Crippen molar-refractivity contribution in [3.8, 4) is 0 Å². The number of ether oxygens (including phenoxy) is 1. The number of hydrogen-bond donors (Lipinski definition) is 1. The summed E-state index contributed by atoms with van der Waals surface area (Å²) in [6, 6.07) is 9.74. The number of furan rings is 1. The average molecular weight is 246 g/mol. The first-order chi connectivity index (χ1) is 8.83. The Labute approximate surface area is 106 Å². The van der Waals surface area contributed by atoms with Crippen LogP contribution in [0.5, 0.6) is 0 Å². The molecule has 3 nitrogen and oxygen atoms in total. The van der Waals surface area contributed by atoms with Crippen molar-refractivity contribution in [2.45, 2.75) is 37.9 Å². The Kier molecular flexibility index (Phi) is 3.35. The lowest BCUT2D eigenvalue weighted by atomic mass is 10.0. The molecule has 1 N–H and O–H groups in total. The van der Waals surface area contributed by atoms with Gasteiger partial charge in [0.2, 0.25) is 0 Å². The maximum absolute atomic E-state index is 10.2. The zero-order valence-corrected chi connectivity index (χ0v) is 10.3. The number of fused-ring (bicyclic) bond motifs is 1. The average Bonchev–Trinajstić information content (AvgIpc) is 2.84. The monoisotopic (exact) mass is 246 g/mol. The van der Waals surface area contributed by atoms with Crippen LogP contribution in [0.2, 0.25) is 0 Å². The first-order valence-corrected chi connectivity index (χ1v) is 6.61. The van der Waals surface area contributed by atoms with Crippen molar-refractivity contribution in [1.29, 1.82) is 0 Å². The molecule has 0 aliphatic carbocycles. The molecule has 1 aromatic heterocycles. The fourth-order valence-electron chi connectivity index (χ4n) is 2.53. The maximum Gasteiger partial charge on any atom is 0.134 e.